The highest BCUT2D eigenvalue weighted by molar-refractivity contribution is 5.93. The van der Waals surface area contributed by atoms with E-state index in [4.69, 9.17) is 9.47 Å². The van der Waals surface area contributed by atoms with Crippen LogP contribution in [0.25, 0.3) is 11.4 Å². The summed E-state index contributed by atoms with van der Waals surface area (Å²) in [5.41, 5.74) is 1.79. The van der Waals surface area contributed by atoms with Crippen LogP contribution in [0.15, 0.2) is 54.6 Å². The molecule has 3 aromatic rings. The quantitative estimate of drug-likeness (QED) is 0.631. The molecule has 2 aromatic carbocycles. The lowest BCUT2D eigenvalue weighted by Crippen LogP contribution is -2.31. The number of hydrogen-bond donors (Lipinski definition) is 2. The van der Waals surface area contributed by atoms with Crippen LogP contribution in [-0.4, -0.2) is 36.1 Å². The Kier molecular flexibility index (Phi) is 6.29. The fraction of sp³-hybridized carbons (Fsp3) is 0.227. The predicted molar refractivity (Wildman–Crippen MR) is 113 cm³/mol. The predicted octanol–water partition coefficient (Wildman–Crippen LogP) is 4.04. The third kappa shape index (κ3) is 5.01. The molecule has 0 aliphatic heterocycles. The molecule has 0 bridgehead atoms. The summed E-state index contributed by atoms with van der Waals surface area (Å²) in [5, 5.41) is 6.09. The molecule has 1 heterocycles. The van der Waals surface area contributed by atoms with Crippen LogP contribution in [-0.2, 0) is 0 Å². The molecule has 0 aliphatic carbocycles. The van der Waals surface area contributed by atoms with Gasteiger partial charge >= 0.3 is 0 Å². The minimum atomic E-state index is -0.260. The lowest BCUT2D eigenvalue weighted by molar-refractivity contribution is 0.0938. The van der Waals surface area contributed by atoms with Crippen molar-refractivity contribution in [2.24, 2.45) is 0 Å². The van der Waals surface area contributed by atoms with Gasteiger partial charge in [-0.25, -0.2) is 9.97 Å². The average molecular weight is 392 g/mol. The number of carbonyl (C=O) groups excluding carboxylic acids is 1. The summed E-state index contributed by atoms with van der Waals surface area (Å²) in [7, 11) is 3.18. The van der Waals surface area contributed by atoms with E-state index in [9.17, 15) is 4.79 Å². The normalized spacial score (nSPS) is 10.5. The van der Waals surface area contributed by atoms with E-state index in [0.29, 0.717) is 28.8 Å². The van der Waals surface area contributed by atoms with Gasteiger partial charge in [-0.05, 0) is 26.0 Å². The highest BCUT2D eigenvalue weighted by Gasteiger charge is 2.15. The first-order valence-electron chi connectivity index (χ1n) is 9.24. The van der Waals surface area contributed by atoms with Crippen LogP contribution in [0.1, 0.15) is 24.3 Å². The number of aromatic nitrogens is 2. The molecule has 3 rings (SSSR count). The van der Waals surface area contributed by atoms with Gasteiger partial charge in [-0.2, -0.15) is 0 Å². The lowest BCUT2D eigenvalue weighted by Gasteiger charge is -2.14. The molecule has 0 fully saturated rings. The molecule has 150 valence electrons. The summed E-state index contributed by atoms with van der Waals surface area (Å²) in [6, 6.07) is 16.6. The maximum absolute atomic E-state index is 12.6. The molecule has 0 saturated heterocycles. The highest BCUT2D eigenvalue weighted by Crippen LogP contribution is 2.31. The maximum Gasteiger partial charge on any atom is 0.270 e. The minimum Gasteiger partial charge on any atom is -0.497 e. The van der Waals surface area contributed by atoms with Crippen LogP contribution in [0.3, 0.4) is 0 Å². The van der Waals surface area contributed by atoms with Gasteiger partial charge in [-0.15, -0.1) is 0 Å². The average Bonchev–Trinajstić information content (AvgIpc) is 2.74. The van der Waals surface area contributed by atoms with E-state index in [0.717, 1.165) is 5.56 Å². The molecule has 1 amide bonds. The summed E-state index contributed by atoms with van der Waals surface area (Å²) in [6.45, 7) is 3.80. The monoisotopic (exact) mass is 392 g/mol. The fourth-order valence-corrected chi connectivity index (χ4v) is 2.72. The molecule has 0 aliphatic rings. The van der Waals surface area contributed by atoms with Crippen LogP contribution >= 0.6 is 0 Å². The van der Waals surface area contributed by atoms with Crippen LogP contribution in [0.2, 0.25) is 0 Å². The molecule has 0 spiro atoms. The maximum atomic E-state index is 12.6. The van der Waals surface area contributed by atoms with Gasteiger partial charge in [0, 0.05) is 23.7 Å². The van der Waals surface area contributed by atoms with Crippen molar-refractivity contribution in [1.29, 1.82) is 0 Å². The largest absolute Gasteiger partial charge is 0.497 e. The zero-order valence-corrected chi connectivity index (χ0v) is 16.9. The highest BCUT2D eigenvalue weighted by atomic mass is 16.5. The number of amides is 1. The first-order chi connectivity index (χ1) is 14.0. The Balaban J connectivity index is 2.02. The standard InChI is InChI=1S/C22H24N4O3/c1-14(2)23-22(27)18-13-20(26-21(25-18)15-8-6-5-7-9-15)24-17-11-10-16(28-3)12-19(17)29-4/h5-14H,1-4H3,(H,23,27)(H,24,25,26). The van der Waals surface area contributed by atoms with Gasteiger partial charge in [0.05, 0.1) is 19.9 Å². The number of carbonyl (C=O) groups is 1. The molecule has 7 heteroatoms. The number of anilines is 2. The van der Waals surface area contributed by atoms with E-state index in [1.807, 2.05) is 56.3 Å². The van der Waals surface area contributed by atoms with Crippen molar-refractivity contribution >= 4 is 17.4 Å². The SMILES string of the molecule is COc1ccc(Nc2cc(C(=O)NC(C)C)nc(-c3ccccc3)n2)c(OC)c1. The topological polar surface area (TPSA) is 85.4 Å². The zero-order valence-electron chi connectivity index (χ0n) is 16.9. The lowest BCUT2D eigenvalue weighted by atomic mass is 10.2. The Morgan fingerprint density at radius 3 is 2.38 bits per heavy atom. The molecule has 7 nitrogen and oxygen atoms in total. The molecule has 0 atom stereocenters. The van der Waals surface area contributed by atoms with Gasteiger partial charge < -0.3 is 20.1 Å². The summed E-state index contributed by atoms with van der Waals surface area (Å²) >= 11 is 0. The van der Waals surface area contributed by atoms with Crippen molar-refractivity contribution in [2.45, 2.75) is 19.9 Å². The third-order valence-corrected chi connectivity index (χ3v) is 4.08. The smallest absolute Gasteiger partial charge is 0.270 e. The number of hydrogen-bond acceptors (Lipinski definition) is 6. The first-order valence-corrected chi connectivity index (χ1v) is 9.24. The van der Waals surface area contributed by atoms with Gasteiger partial charge in [0.2, 0.25) is 0 Å². The van der Waals surface area contributed by atoms with Crippen molar-refractivity contribution in [3.8, 4) is 22.9 Å². The number of benzene rings is 2. The van der Waals surface area contributed by atoms with E-state index in [1.165, 1.54) is 0 Å². The fourth-order valence-electron chi connectivity index (χ4n) is 2.72. The van der Waals surface area contributed by atoms with Crippen molar-refractivity contribution < 1.29 is 14.3 Å². The summed E-state index contributed by atoms with van der Waals surface area (Å²) in [5.74, 6) is 1.95. The van der Waals surface area contributed by atoms with Gasteiger partial charge in [-0.3, -0.25) is 4.79 Å². The summed E-state index contributed by atoms with van der Waals surface area (Å²) < 4.78 is 10.7. The van der Waals surface area contributed by atoms with E-state index in [2.05, 4.69) is 20.6 Å². The number of methoxy groups -OCH3 is 2. The Morgan fingerprint density at radius 2 is 1.72 bits per heavy atom. The number of nitrogens with zero attached hydrogens (tertiary/aromatic N) is 2. The van der Waals surface area contributed by atoms with Gasteiger partial charge in [0.1, 0.15) is 23.0 Å². The van der Waals surface area contributed by atoms with E-state index < -0.39 is 0 Å². The molecular weight excluding hydrogens is 368 g/mol. The second-order valence-corrected chi connectivity index (χ2v) is 6.65. The number of nitrogens with one attached hydrogen (secondary N) is 2. The van der Waals surface area contributed by atoms with Crippen molar-refractivity contribution in [3.63, 3.8) is 0 Å². The molecule has 0 radical (unpaired) electrons. The Morgan fingerprint density at radius 1 is 0.966 bits per heavy atom. The number of ether oxygens (including phenoxy) is 2. The number of rotatable bonds is 7. The van der Waals surface area contributed by atoms with Crippen molar-refractivity contribution in [2.75, 3.05) is 19.5 Å². The van der Waals surface area contributed by atoms with E-state index in [1.54, 1.807) is 26.4 Å². The first kappa shape index (κ1) is 20.1. The van der Waals surface area contributed by atoms with Crippen molar-refractivity contribution in [1.82, 2.24) is 15.3 Å². The van der Waals surface area contributed by atoms with Crippen LogP contribution in [0.5, 0.6) is 11.5 Å². The Hall–Kier alpha value is -3.61. The van der Waals surface area contributed by atoms with Gasteiger partial charge in [0.15, 0.2) is 5.82 Å². The van der Waals surface area contributed by atoms with Gasteiger partial charge in [-0.1, -0.05) is 30.3 Å². The molecular formula is C22H24N4O3. The molecule has 0 unspecified atom stereocenters. The second-order valence-electron chi connectivity index (χ2n) is 6.65. The minimum absolute atomic E-state index is 0.00395. The van der Waals surface area contributed by atoms with Crippen LogP contribution in [0.4, 0.5) is 11.5 Å². The summed E-state index contributed by atoms with van der Waals surface area (Å²) in [6.07, 6.45) is 0. The molecule has 0 saturated carbocycles. The summed E-state index contributed by atoms with van der Waals surface area (Å²) in [4.78, 5) is 21.6. The van der Waals surface area contributed by atoms with Crippen LogP contribution in [0, 0.1) is 0 Å². The molecule has 29 heavy (non-hydrogen) atoms. The Bertz CT molecular complexity index is 991. The third-order valence-electron chi connectivity index (χ3n) is 4.08. The van der Waals surface area contributed by atoms with E-state index >= 15 is 0 Å². The van der Waals surface area contributed by atoms with E-state index in [-0.39, 0.29) is 17.6 Å². The second kappa shape index (κ2) is 9.05. The zero-order chi connectivity index (χ0) is 20.8. The Labute approximate surface area is 170 Å². The van der Waals surface area contributed by atoms with Crippen LogP contribution < -0.4 is 20.1 Å². The molecule has 2 N–H and O–H groups in total. The van der Waals surface area contributed by atoms with Crippen molar-refractivity contribution in [3.05, 3.63) is 60.3 Å². The molecule has 1 aromatic heterocycles. The van der Waals surface area contributed by atoms with Gasteiger partial charge in [0.25, 0.3) is 5.91 Å².